The van der Waals surface area contributed by atoms with Crippen LogP contribution in [0.3, 0.4) is 0 Å². The molecule has 0 saturated heterocycles. The average Bonchev–Trinajstić information content (AvgIpc) is 2.74. The number of fused-ring (bicyclic) bond motifs is 1. The van der Waals surface area contributed by atoms with Gasteiger partial charge in [-0.25, -0.2) is 15.0 Å². The first kappa shape index (κ1) is 16.7. The molecule has 4 rings (SSSR count). The van der Waals surface area contributed by atoms with E-state index in [-0.39, 0.29) is 0 Å². The Morgan fingerprint density at radius 2 is 1.70 bits per heavy atom. The van der Waals surface area contributed by atoms with Crippen LogP contribution in [-0.4, -0.2) is 28.3 Å². The van der Waals surface area contributed by atoms with Crippen molar-refractivity contribution in [1.29, 1.82) is 0 Å². The summed E-state index contributed by atoms with van der Waals surface area (Å²) in [6.45, 7) is 0. The maximum atomic E-state index is 10.8. The average molecular weight is 357 g/mol. The first-order valence-corrected chi connectivity index (χ1v) is 8.27. The van der Waals surface area contributed by atoms with Crippen LogP contribution in [0, 0.1) is 0 Å². The molecule has 2 heterocycles. The number of carbonyl (C=O) groups is 1. The van der Waals surface area contributed by atoms with Crippen LogP contribution in [-0.2, 0) is 0 Å². The van der Waals surface area contributed by atoms with Gasteiger partial charge >= 0.3 is 0 Å². The van der Waals surface area contributed by atoms with Gasteiger partial charge in [-0.15, -0.1) is 0 Å². The number of nitrogens with zero attached hydrogens (tertiary/aromatic N) is 3. The summed E-state index contributed by atoms with van der Waals surface area (Å²) in [5.41, 5.74) is 2.60. The minimum absolute atomic E-state index is 0.326. The van der Waals surface area contributed by atoms with Crippen molar-refractivity contribution in [2.24, 2.45) is 0 Å². The van der Waals surface area contributed by atoms with E-state index in [0.29, 0.717) is 34.3 Å². The number of rotatable bonds is 5. The van der Waals surface area contributed by atoms with Crippen molar-refractivity contribution in [2.45, 2.75) is 0 Å². The molecule has 2 aromatic heterocycles. The molecule has 0 N–H and O–H groups in total. The summed E-state index contributed by atoms with van der Waals surface area (Å²) in [5, 5.41) is 0.959. The molecule has 27 heavy (non-hydrogen) atoms. The van der Waals surface area contributed by atoms with Crippen molar-refractivity contribution in [2.75, 3.05) is 7.11 Å². The molecule has 0 saturated carbocycles. The van der Waals surface area contributed by atoms with Crippen molar-refractivity contribution in [3.05, 3.63) is 72.6 Å². The fourth-order valence-electron chi connectivity index (χ4n) is 2.73. The van der Waals surface area contributed by atoms with E-state index >= 15 is 0 Å². The normalized spacial score (nSPS) is 10.6. The van der Waals surface area contributed by atoms with E-state index in [1.54, 1.807) is 43.8 Å². The Balaban J connectivity index is 1.80. The van der Waals surface area contributed by atoms with Gasteiger partial charge in [-0.3, -0.25) is 4.79 Å². The third-order valence-corrected chi connectivity index (χ3v) is 4.03. The van der Waals surface area contributed by atoms with E-state index in [4.69, 9.17) is 9.47 Å². The molecule has 0 amide bonds. The molecule has 0 fully saturated rings. The van der Waals surface area contributed by atoms with Crippen LogP contribution >= 0.6 is 0 Å². The maximum absolute atomic E-state index is 10.8. The van der Waals surface area contributed by atoms with Gasteiger partial charge in [0.25, 0.3) is 0 Å². The van der Waals surface area contributed by atoms with Gasteiger partial charge < -0.3 is 9.47 Å². The van der Waals surface area contributed by atoms with Crippen LogP contribution in [0.5, 0.6) is 17.5 Å². The molecule has 0 atom stereocenters. The Labute approximate surface area is 155 Å². The second-order valence-electron chi connectivity index (χ2n) is 5.74. The molecule has 0 aliphatic carbocycles. The number of hydrogen-bond donors (Lipinski definition) is 0. The summed E-state index contributed by atoms with van der Waals surface area (Å²) >= 11 is 0. The number of pyridine rings is 1. The fraction of sp³-hybridized carbons (Fsp3) is 0.0476. The number of benzene rings is 2. The number of para-hydroxylation sites is 1. The Hall–Kier alpha value is -3.80. The van der Waals surface area contributed by atoms with Gasteiger partial charge in [-0.05, 0) is 36.4 Å². The molecule has 0 spiro atoms. The van der Waals surface area contributed by atoms with Crippen molar-refractivity contribution < 1.29 is 14.3 Å². The highest BCUT2D eigenvalue weighted by Gasteiger charge is 2.17. The molecule has 132 valence electrons. The minimum Gasteiger partial charge on any atom is -0.480 e. The highest BCUT2D eigenvalue weighted by Crippen LogP contribution is 2.36. The third-order valence-electron chi connectivity index (χ3n) is 4.03. The lowest BCUT2D eigenvalue weighted by molar-refractivity contribution is 0.112. The van der Waals surface area contributed by atoms with Crippen LogP contribution in [0.15, 0.2) is 67.0 Å². The molecule has 2 aromatic carbocycles. The SMILES string of the molecule is COc1nc2ccccc2cc1-c1nccnc1Oc1ccc(C=O)cc1. The highest BCUT2D eigenvalue weighted by atomic mass is 16.5. The summed E-state index contributed by atoms with van der Waals surface area (Å²) in [4.78, 5) is 24.1. The molecule has 0 radical (unpaired) electrons. The monoisotopic (exact) mass is 357 g/mol. The fourth-order valence-corrected chi connectivity index (χ4v) is 2.73. The van der Waals surface area contributed by atoms with E-state index in [9.17, 15) is 4.79 Å². The second kappa shape index (κ2) is 7.21. The molecular weight excluding hydrogens is 342 g/mol. The van der Waals surface area contributed by atoms with Crippen LogP contribution in [0.25, 0.3) is 22.2 Å². The van der Waals surface area contributed by atoms with Crippen LogP contribution in [0.2, 0.25) is 0 Å². The lowest BCUT2D eigenvalue weighted by Crippen LogP contribution is -1.98. The Kier molecular flexibility index (Phi) is 4.45. The molecule has 4 aromatic rings. The number of aldehydes is 1. The van der Waals surface area contributed by atoms with Gasteiger partial charge in [0, 0.05) is 23.3 Å². The number of aromatic nitrogens is 3. The highest BCUT2D eigenvalue weighted by molar-refractivity contribution is 5.86. The van der Waals surface area contributed by atoms with E-state index in [0.717, 1.165) is 17.2 Å². The molecule has 0 aliphatic rings. The number of carbonyl (C=O) groups excluding carboxylic acids is 1. The number of ether oxygens (including phenoxy) is 2. The lowest BCUT2D eigenvalue weighted by Gasteiger charge is -2.12. The largest absolute Gasteiger partial charge is 0.480 e. The van der Waals surface area contributed by atoms with Crippen LogP contribution in [0.1, 0.15) is 10.4 Å². The smallest absolute Gasteiger partial charge is 0.246 e. The third kappa shape index (κ3) is 3.32. The molecule has 0 bridgehead atoms. The standard InChI is InChI=1S/C21H15N3O3/c1-26-20-17(12-15-4-2-3-5-18(15)24-20)19-21(23-11-10-22-19)27-16-8-6-14(13-25)7-9-16/h2-13H,1H3. The second-order valence-corrected chi connectivity index (χ2v) is 5.74. The minimum atomic E-state index is 0.326. The predicted molar refractivity (Wildman–Crippen MR) is 101 cm³/mol. The molecule has 0 aliphatic heterocycles. The van der Waals surface area contributed by atoms with Gasteiger partial charge in [-0.2, -0.15) is 0 Å². The lowest BCUT2D eigenvalue weighted by atomic mass is 10.1. The zero-order chi connectivity index (χ0) is 18.6. The van der Waals surface area contributed by atoms with Crippen molar-refractivity contribution in [1.82, 2.24) is 15.0 Å². The summed E-state index contributed by atoms with van der Waals surface area (Å²) in [6.07, 6.45) is 3.93. The van der Waals surface area contributed by atoms with Gasteiger partial charge in [0.1, 0.15) is 17.7 Å². The topological polar surface area (TPSA) is 74.2 Å². The summed E-state index contributed by atoms with van der Waals surface area (Å²) in [7, 11) is 1.57. The van der Waals surface area contributed by atoms with E-state index in [1.807, 2.05) is 30.3 Å². The Bertz CT molecular complexity index is 1110. The predicted octanol–water partition coefficient (Wildman–Crippen LogP) is 4.31. The van der Waals surface area contributed by atoms with Gasteiger partial charge in [-0.1, -0.05) is 18.2 Å². The number of methoxy groups -OCH3 is 1. The molecule has 6 heteroatoms. The Morgan fingerprint density at radius 3 is 2.48 bits per heavy atom. The molecule has 6 nitrogen and oxygen atoms in total. The zero-order valence-corrected chi connectivity index (χ0v) is 14.5. The van der Waals surface area contributed by atoms with Crippen molar-refractivity contribution in [3.8, 4) is 28.8 Å². The zero-order valence-electron chi connectivity index (χ0n) is 14.5. The van der Waals surface area contributed by atoms with Crippen LogP contribution in [0.4, 0.5) is 0 Å². The quantitative estimate of drug-likeness (QED) is 0.496. The number of hydrogen-bond acceptors (Lipinski definition) is 6. The van der Waals surface area contributed by atoms with E-state index in [2.05, 4.69) is 15.0 Å². The van der Waals surface area contributed by atoms with Gasteiger partial charge in [0.15, 0.2) is 0 Å². The van der Waals surface area contributed by atoms with Crippen LogP contribution < -0.4 is 9.47 Å². The van der Waals surface area contributed by atoms with Crippen molar-refractivity contribution in [3.63, 3.8) is 0 Å². The molecule has 0 unspecified atom stereocenters. The summed E-state index contributed by atoms with van der Waals surface area (Å²) in [6, 6.07) is 16.5. The summed E-state index contributed by atoms with van der Waals surface area (Å²) in [5.74, 6) is 1.32. The Morgan fingerprint density at radius 1 is 0.926 bits per heavy atom. The van der Waals surface area contributed by atoms with E-state index in [1.165, 1.54) is 0 Å². The van der Waals surface area contributed by atoms with Crippen molar-refractivity contribution >= 4 is 17.2 Å². The first-order chi connectivity index (χ1) is 13.3. The van der Waals surface area contributed by atoms with Gasteiger partial charge in [0.2, 0.25) is 11.8 Å². The van der Waals surface area contributed by atoms with Gasteiger partial charge in [0.05, 0.1) is 18.2 Å². The first-order valence-electron chi connectivity index (χ1n) is 8.27. The van der Waals surface area contributed by atoms with E-state index < -0.39 is 0 Å². The molecular formula is C21H15N3O3. The summed E-state index contributed by atoms with van der Waals surface area (Å²) < 4.78 is 11.4. The maximum Gasteiger partial charge on any atom is 0.246 e.